The molecule has 3 N–H and O–H groups in total. The summed E-state index contributed by atoms with van der Waals surface area (Å²) in [6, 6.07) is 7.56. The number of thiocarbonyl (C=S) groups is 1. The standard InChI is InChI=1S/C12H14Cl3N3OS/c1-7-3-5-8(6-4-7)9(19-2)17-10(12(13,14)15)18-11(16)20/h3-6,10H,1-2H3,(H3,16,18,20)/t10-/m1/s1. The SMILES string of the molecule is COC(=N[C@H](NC(N)=S)C(Cl)(Cl)Cl)c1ccc(C)cc1. The summed E-state index contributed by atoms with van der Waals surface area (Å²) in [5.41, 5.74) is 7.27. The number of ether oxygens (including phenoxy) is 1. The minimum atomic E-state index is -1.72. The van der Waals surface area contributed by atoms with Gasteiger partial charge in [0.1, 0.15) is 0 Å². The summed E-state index contributed by atoms with van der Waals surface area (Å²) in [6.45, 7) is 1.98. The van der Waals surface area contributed by atoms with Gasteiger partial charge in [0.25, 0.3) is 0 Å². The lowest BCUT2D eigenvalue weighted by molar-refractivity contribution is 0.397. The molecule has 20 heavy (non-hydrogen) atoms. The van der Waals surface area contributed by atoms with E-state index in [0.29, 0.717) is 5.90 Å². The van der Waals surface area contributed by atoms with Gasteiger partial charge in [-0.05, 0) is 31.3 Å². The van der Waals surface area contributed by atoms with Gasteiger partial charge in [-0.3, -0.25) is 0 Å². The molecule has 1 atom stereocenters. The minimum absolute atomic E-state index is 0.0237. The van der Waals surface area contributed by atoms with Crippen LogP contribution in [0.5, 0.6) is 0 Å². The Hall–Kier alpha value is -0.750. The Morgan fingerprint density at radius 3 is 2.30 bits per heavy atom. The van der Waals surface area contributed by atoms with Crippen molar-refractivity contribution in [3.63, 3.8) is 0 Å². The van der Waals surface area contributed by atoms with Crippen molar-refractivity contribution in [2.24, 2.45) is 10.7 Å². The summed E-state index contributed by atoms with van der Waals surface area (Å²) in [7, 11) is 1.48. The number of nitrogens with zero attached hydrogens (tertiary/aromatic N) is 1. The van der Waals surface area contributed by atoms with E-state index in [1.54, 1.807) is 0 Å². The number of nitrogens with two attached hydrogens (primary N) is 1. The van der Waals surface area contributed by atoms with Crippen molar-refractivity contribution < 1.29 is 4.74 Å². The molecule has 0 bridgehead atoms. The first-order valence-electron chi connectivity index (χ1n) is 5.55. The number of aliphatic imine (C=N–C) groups is 1. The molecule has 4 nitrogen and oxygen atoms in total. The Morgan fingerprint density at radius 1 is 1.35 bits per heavy atom. The van der Waals surface area contributed by atoms with Crippen LogP contribution in [0.2, 0.25) is 0 Å². The molecule has 8 heteroatoms. The molecule has 0 heterocycles. The first-order valence-corrected chi connectivity index (χ1v) is 7.09. The summed E-state index contributed by atoms with van der Waals surface area (Å²) in [5.74, 6) is 0.310. The number of rotatable bonds is 3. The Morgan fingerprint density at radius 2 is 1.90 bits per heavy atom. The molecular formula is C12H14Cl3N3OS. The molecule has 0 saturated carbocycles. The van der Waals surface area contributed by atoms with Crippen molar-refractivity contribution in [3.8, 4) is 0 Å². The normalized spacial score (nSPS) is 13.8. The number of hydrogen-bond acceptors (Lipinski definition) is 3. The average Bonchev–Trinajstić information content (AvgIpc) is 2.34. The van der Waals surface area contributed by atoms with Gasteiger partial charge < -0.3 is 15.8 Å². The van der Waals surface area contributed by atoms with E-state index in [1.165, 1.54) is 7.11 Å². The van der Waals surface area contributed by atoms with E-state index in [0.717, 1.165) is 11.1 Å². The molecule has 110 valence electrons. The summed E-state index contributed by atoms with van der Waals surface area (Å²) >= 11 is 22.3. The van der Waals surface area contributed by atoms with E-state index < -0.39 is 9.96 Å². The van der Waals surface area contributed by atoms with Gasteiger partial charge in [-0.2, -0.15) is 0 Å². The molecule has 0 aliphatic heterocycles. The van der Waals surface area contributed by atoms with Gasteiger partial charge in [0, 0.05) is 5.56 Å². The van der Waals surface area contributed by atoms with E-state index in [9.17, 15) is 0 Å². The van der Waals surface area contributed by atoms with E-state index >= 15 is 0 Å². The third kappa shape index (κ3) is 5.32. The number of methoxy groups -OCH3 is 1. The van der Waals surface area contributed by atoms with Crippen LogP contribution in [-0.4, -0.2) is 28.1 Å². The van der Waals surface area contributed by atoms with Crippen LogP contribution in [0.1, 0.15) is 11.1 Å². The van der Waals surface area contributed by atoms with Crippen molar-refractivity contribution in [2.75, 3.05) is 7.11 Å². The molecule has 0 aromatic heterocycles. The van der Waals surface area contributed by atoms with Crippen LogP contribution in [-0.2, 0) is 4.74 Å². The third-order valence-electron chi connectivity index (χ3n) is 2.33. The minimum Gasteiger partial charge on any atom is -0.481 e. The van der Waals surface area contributed by atoms with E-state index in [4.69, 9.17) is 57.5 Å². The van der Waals surface area contributed by atoms with Gasteiger partial charge in [-0.1, -0.05) is 52.5 Å². The van der Waals surface area contributed by atoms with Gasteiger partial charge in [0.2, 0.25) is 9.69 Å². The van der Waals surface area contributed by atoms with Crippen molar-refractivity contribution in [2.45, 2.75) is 16.9 Å². The maximum absolute atomic E-state index is 5.85. The molecule has 0 aliphatic rings. The lowest BCUT2D eigenvalue weighted by Crippen LogP contribution is -2.45. The highest BCUT2D eigenvalue weighted by Crippen LogP contribution is 2.31. The summed E-state index contributed by atoms with van der Waals surface area (Å²) in [4.78, 5) is 4.23. The molecule has 1 aromatic carbocycles. The van der Waals surface area contributed by atoms with Crippen LogP contribution in [0, 0.1) is 6.92 Å². The Kier molecular flexibility index (Phi) is 6.33. The second-order valence-electron chi connectivity index (χ2n) is 3.96. The Balaban J connectivity index is 3.11. The number of aryl methyl sites for hydroxylation is 1. The Bertz CT molecular complexity index is 500. The molecule has 1 rings (SSSR count). The zero-order chi connectivity index (χ0) is 15.3. The highest BCUT2D eigenvalue weighted by Gasteiger charge is 2.33. The molecule has 1 aromatic rings. The fraction of sp³-hybridized carbons (Fsp3) is 0.333. The molecular weight excluding hydrogens is 341 g/mol. The predicted molar refractivity (Wildman–Crippen MR) is 88.7 cm³/mol. The zero-order valence-corrected chi connectivity index (χ0v) is 13.9. The van der Waals surface area contributed by atoms with Crippen LogP contribution < -0.4 is 11.1 Å². The topological polar surface area (TPSA) is 59.6 Å². The quantitative estimate of drug-likeness (QED) is 0.379. The number of hydrogen-bond donors (Lipinski definition) is 2. The summed E-state index contributed by atoms with van der Waals surface area (Å²) in [6.07, 6.45) is -0.957. The average molecular weight is 355 g/mol. The predicted octanol–water partition coefficient (Wildman–Crippen LogP) is 2.92. The number of alkyl halides is 3. The highest BCUT2D eigenvalue weighted by molar-refractivity contribution is 7.80. The van der Waals surface area contributed by atoms with Crippen LogP contribution in [0.4, 0.5) is 0 Å². The summed E-state index contributed by atoms with van der Waals surface area (Å²) in [5, 5.41) is 2.59. The number of benzene rings is 1. The molecule has 0 unspecified atom stereocenters. The van der Waals surface area contributed by atoms with Gasteiger partial charge in [0.05, 0.1) is 7.11 Å². The van der Waals surface area contributed by atoms with E-state index in [2.05, 4.69) is 10.3 Å². The second-order valence-corrected chi connectivity index (χ2v) is 6.77. The monoisotopic (exact) mass is 353 g/mol. The second kappa shape index (κ2) is 7.31. The van der Waals surface area contributed by atoms with Crippen LogP contribution in [0.15, 0.2) is 29.3 Å². The number of nitrogens with one attached hydrogen (secondary N) is 1. The molecule has 0 saturated heterocycles. The molecule has 0 spiro atoms. The molecule has 0 aliphatic carbocycles. The fourth-order valence-electron chi connectivity index (χ4n) is 1.38. The first kappa shape index (κ1) is 17.3. The summed E-state index contributed by atoms with van der Waals surface area (Å²) < 4.78 is 3.51. The fourth-order valence-corrected chi connectivity index (χ4v) is 1.80. The molecule has 0 amide bonds. The van der Waals surface area contributed by atoms with Gasteiger partial charge in [0.15, 0.2) is 11.3 Å². The maximum Gasteiger partial charge on any atom is 0.230 e. The van der Waals surface area contributed by atoms with Crippen LogP contribution in [0.3, 0.4) is 0 Å². The lowest BCUT2D eigenvalue weighted by atomic mass is 10.1. The zero-order valence-electron chi connectivity index (χ0n) is 10.9. The van der Waals surface area contributed by atoms with Crippen molar-refractivity contribution >= 4 is 58.0 Å². The van der Waals surface area contributed by atoms with Crippen LogP contribution in [0.25, 0.3) is 0 Å². The van der Waals surface area contributed by atoms with Gasteiger partial charge >= 0.3 is 0 Å². The highest BCUT2D eigenvalue weighted by atomic mass is 35.6. The molecule has 0 radical (unpaired) electrons. The van der Waals surface area contributed by atoms with Gasteiger partial charge in [-0.15, -0.1) is 0 Å². The smallest absolute Gasteiger partial charge is 0.230 e. The largest absolute Gasteiger partial charge is 0.481 e. The van der Waals surface area contributed by atoms with Crippen molar-refractivity contribution in [1.29, 1.82) is 0 Å². The van der Waals surface area contributed by atoms with Crippen LogP contribution >= 0.6 is 47.0 Å². The van der Waals surface area contributed by atoms with Gasteiger partial charge in [-0.25, -0.2) is 4.99 Å². The lowest BCUT2D eigenvalue weighted by Gasteiger charge is -2.22. The van der Waals surface area contributed by atoms with Crippen molar-refractivity contribution in [1.82, 2.24) is 5.32 Å². The molecule has 0 fully saturated rings. The Labute approximate surface area is 138 Å². The van der Waals surface area contributed by atoms with E-state index in [-0.39, 0.29) is 5.11 Å². The number of halogens is 3. The van der Waals surface area contributed by atoms with Crippen molar-refractivity contribution in [3.05, 3.63) is 35.4 Å². The first-order chi connectivity index (χ1) is 9.24. The van der Waals surface area contributed by atoms with E-state index in [1.807, 2.05) is 31.2 Å². The third-order valence-corrected chi connectivity index (χ3v) is 3.07. The maximum atomic E-state index is 5.85.